The molecule has 0 radical (unpaired) electrons. The number of aryl methyl sites for hydroxylation is 2. The SMILES string of the molecule is Cc1nc(C(CN)Cc2cccc(O)c2)sc1C. The molecule has 18 heavy (non-hydrogen) atoms. The number of thiazole rings is 1. The average molecular weight is 262 g/mol. The highest BCUT2D eigenvalue weighted by molar-refractivity contribution is 7.11. The molecule has 3 N–H and O–H groups in total. The number of nitrogens with zero attached hydrogens (tertiary/aromatic N) is 1. The van der Waals surface area contributed by atoms with E-state index in [9.17, 15) is 5.11 Å². The van der Waals surface area contributed by atoms with Gasteiger partial charge in [-0.2, -0.15) is 0 Å². The first-order chi connectivity index (χ1) is 8.60. The van der Waals surface area contributed by atoms with Crippen LogP contribution >= 0.6 is 11.3 Å². The van der Waals surface area contributed by atoms with Crippen molar-refractivity contribution >= 4 is 11.3 Å². The summed E-state index contributed by atoms with van der Waals surface area (Å²) in [7, 11) is 0. The van der Waals surface area contributed by atoms with Crippen molar-refractivity contribution in [2.75, 3.05) is 6.54 Å². The summed E-state index contributed by atoms with van der Waals surface area (Å²) in [5.74, 6) is 0.527. The minimum absolute atomic E-state index is 0.226. The van der Waals surface area contributed by atoms with Crippen molar-refractivity contribution in [2.24, 2.45) is 5.73 Å². The van der Waals surface area contributed by atoms with Gasteiger partial charge in [0.1, 0.15) is 5.75 Å². The van der Waals surface area contributed by atoms with E-state index in [0.717, 1.165) is 22.7 Å². The smallest absolute Gasteiger partial charge is 0.115 e. The molecule has 0 aliphatic rings. The minimum atomic E-state index is 0.226. The van der Waals surface area contributed by atoms with E-state index in [1.54, 1.807) is 23.5 Å². The van der Waals surface area contributed by atoms with Gasteiger partial charge >= 0.3 is 0 Å². The molecular formula is C14H18N2OS. The molecule has 1 atom stereocenters. The summed E-state index contributed by atoms with van der Waals surface area (Å²) < 4.78 is 0. The molecular weight excluding hydrogens is 244 g/mol. The van der Waals surface area contributed by atoms with Crippen LogP contribution in [0.2, 0.25) is 0 Å². The molecule has 0 aliphatic heterocycles. The number of phenols is 1. The van der Waals surface area contributed by atoms with Crippen molar-refractivity contribution in [3.63, 3.8) is 0 Å². The minimum Gasteiger partial charge on any atom is -0.508 e. The van der Waals surface area contributed by atoms with Crippen molar-refractivity contribution in [3.8, 4) is 5.75 Å². The largest absolute Gasteiger partial charge is 0.508 e. The van der Waals surface area contributed by atoms with Gasteiger partial charge in [-0.3, -0.25) is 0 Å². The second kappa shape index (κ2) is 5.50. The van der Waals surface area contributed by atoms with Gasteiger partial charge in [0.05, 0.1) is 10.7 Å². The number of benzene rings is 1. The Morgan fingerprint density at radius 1 is 1.39 bits per heavy atom. The van der Waals surface area contributed by atoms with Crippen LogP contribution in [-0.2, 0) is 6.42 Å². The van der Waals surface area contributed by atoms with E-state index in [1.807, 2.05) is 19.1 Å². The molecule has 2 aromatic rings. The third kappa shape index (κ3) is 2.89. The van der Waals surface area contributed by atoms with Gasteiger partial charge in [-0.1, -0.05) is 12.1 Å². The van der Waals surface area contributed by atoms with E-state index >= 15 is 0 Å². The number of rotatable bonds is 4. The standard InChI is InChI=1S/C14H18N2OS/c1-9-10(2)18-14(16-9)12(8-15)6-11-4-3-5-13(17)7-11/h3-5,7,12,17H,6,8,15H2,1-2H3. The van der Waals surface area contributed by atoms with E-state index in [0.29, 0.717) is 12.3 Å². The maximum Gasteiger partial charge on any atom is 0.115 e. The number of aromatic nitrogens is 1. The zero-order valence-corrected chi connectivity index (χ0v) is 11.5. The Morgan fingerprint density at radius 2 is 2.17 bits per heavy atom. The lowest BCUT2D eigenvalue weighted by molar-refractivity contribution is 0.474. The molecule has 2 rings (SSSR count). The molecule has 1 aromatic heterocycles. The van der Waals surface area contributed by atoms with Crippen LogP contribution in [0.3, 0.4) is 0 Å². The van der Waals surface area contributed by atoms with Gasteiger partial charge in [0.15, 0.2) is 0 Å². The van der Waals surface area contributed by atoms with Crippen LogP contribution in [0.25, 0.3) is 0 Å². The molecule has 0 fully saturated rings. The summed E-state index contributed by atoms with van der Waals surface area (Å²) in [6, 6.07) is 7.33. The first-order valence-corrected chi connectivity index (χ1v) is 6.83. The van der Waals surface area contributed by atoms with Gasteiger partial charge in [0.2, 0.25) is 0 Å². The van der Waals surface area contributed by atoms with E-state index in [-0.39, 0.29) is 5.92 Å². The highest BCUT2D eigenvalue weighted by Gasteiger charge is 2.16. The molecule has 0 bridgehead atoms. The molecule has 96 valence electrons. The highest BCUT2D eigenvalue weighted by atomic mass is 32.1. The second-order valence-corrected chi connectivity index (χ2v) is 5.74. The Labute approximate surface area is 111 Å². The summed E-state index contributed by atoms with van der Waals surface area (Å²) in [6.45, 7) is 4.68. The van der Waals surface area contributed by atoms with Crippen molar-refractivity contribution in [3.05, 3.63) is 45.4 Å². The van der Waals surface area contributed by atoms with Gasteiger partial charge in [0.25, 0.3) is 0 Å². The fourth-order valence-corrected chi connectivity index (χ4v) is 2.95. The van der Waals surface area contributed by atoms with E-state index in [4.69, 9.17) is 5.73 Å². The van der Waals surface area contributed by atoms with Crippen LogP contribution in [-0.4, -0.2) is 16.6 Å². The van der Waals surface area contributed by atoms with Crippen LogP contribution in [0.15, 0.2) is 24.3 Å². The van der Waals surface area contributed by atoms with Crippen molar-refractivity contribution in [1.29, 1.82) is 0 Å². The Balaban J connectivity index is 2.19. The third-order valence-corrected chi connectivity index (χ3v) is 4.31. The Hall–Kier alpha value is -1.39. The predicted molar refractivity (Wildman–Crippen MR) is 75.2 cm³/mol. The molecule has 0 spiro atoms. The topological polar surface area (TPSA) is 59.1 Å². The molecule has 1 aromatic carbocycles. The molecule has 3 nitrogen and oxygen atoms in total. The van der Waals surface area contributed by atoms with Gasteiger partial charge < -0.3 is 10.8 Å². The summed E-state index contributed by atoms with van der Waals surface area (Å²) >= 11 is 1.72. The van der Waals surface area contributed by atoms with Crippen LogP contribution in [0.5, 0.6) is 5.75 Å². The first-order valence-electron chi connectivity index (χ1n) is 6.02. The second-order valence-electron chi connectivity index (χ2n) is 4.50. The fraction of sp³-hybridized carbons (Fsp3) is 0.357. The molecule has 4 heteroatoms. The number of hydrogen-bond acceptors (Lipinski definition) is 4. The summed E-state index contributed by atoms with van der Waals surface area (Å²) in [6.07, 6.45) is 0.817. The normalized spacial score (nSPS) is 12.6. The molecule has 1 unspecified atom stereocenters. The lowest BCUT2D eigenvalue weighted by Gasteiger charge is -2.12. The number of phenolic OH excluding ortho intramolecular Hbond substituents is 1. The zero-order chi connectivity index (χ0) is 13.1. The molecule has 1 heterocycles. The average Bonchev–Trinajstić information content (AvgIpc) is 2.66. The van der Waals surface area contributed by atoms with Crippen molar-refractivity contribution < 1.29 is 5.11 Å². The van der Waals surface area contributed by atoms with E-state index in [1.165, 1.54) is 4.88 Å². The maximum absolute atomic E-state index is 9.47. The number of hydrogen-bond donors (Lipinski definition) is 2. The lowest BCUT2D eigenvalue weighted by atomic mass is 10.00. The molecule has 0 amide bonds. The van der Waals surface area contributed by atoms with Crippen LogP contribution in [0.1, 0.15) is 27.1 Å². The highest BCUT2D eigenvalue weighted by Crippen LogP contribution is 2.27. The Bertz CT molecular complexity index is 517. The monoisotopic (exact) mass is 262 g/mol. The Kier molecular flexibility index (Phi) is 3.99. The van der Waals surface area contributed by atoms with Crippen LogP contribution in [0, 0.1) is 13.8 Å². The molecule has 0 saturated heterocycles. The Morgan fingerprint density at radius 3 is 2.72 bits per heavy atom. The van der Waals surface area contributed by atoms with Crippen LogP contribution in [0.4, 0.5) is 0 Å². The summed E-state index contributed by atoms with van der Waals surface area (Å²) in [5, 5.41) is 10.6. The maximum atomic E-state index is 9.47. The van der Waals surface area contributed by atoms with Gasteiger partial charge in [-0.25, -0.2) is 4.98 Å². The van der Waals surface area contributed by atoms with Crippen LogP contribution < -0.4 is 5.73 Å². The fourth-order valence-electron chi connectivity index (χ4n) is 1.91. The quantitative estimate of drug-likeness (QED) is 0.890. The van der Waals surface area contributed by atoms with Gasteiger partial charge in [0, 0.05) is 17.3 Å². The van der Waals surface area contributed by atoms with Gasteiger partial charge in [-0.05, 0) is 38.0 Å². The van der Waals surface area contributed by atoms with E-state index < -0.39 is 0 Å². The van der Waals surface area contributed by atoms with Gasteiger partial charge in [-0.15, -0.1) is 11.3 Å². The lowest BCUT2D eigenvalue weighted by Crippen LogP contribution is -2.14. The predicted octanol–water partition coefficient (Wildman–Crippen LogP) is 2.75. The number of nitrogens with two attached hydrogens (primary N) is 1. The van der Waals surface area contributed by atoms with Crippen molar-refractivity contribution in [2.45, 2.75) is 26.2 Å². The number of aromatic hydroxyl groups is 1. The molecule has 0 aliphatic carbocycles. The first kappa shape index (κ1) is 13.1. The molecule has 0 saturated carbocycles. The zero-order valence-electron chi connectivity index (χ0n) is 10.7. The van der Waals surface area contributed by atoms with Crippen molar-refractivity contribution in [1.82, 2.24) is 4.98 Å². The summed E-state index contributed by atoms with van der Waals surface area (Å²) in [4.78, 5) is 5.83. The summed E-state index contributed by atoms with van der Waals surface area (Å²) in [5.41, 5.74) is 8.04. The van der Waals surface area contributed by atoms with E-state index in [2.05, 4.69) is 11.9 Å². The third-order valence-electron chi connectivity index (χ3n) is 3.07.